The normalized spacial score (nSPS) is 16.2. The minimum Gasteiger partial charge on any atom is -0.384 e. The second-order valence-electron chi connectivity index (χ2n) is 8.41. The highest BCUT2D eigenvalue weighted by Crippen LogP contribution is 2.35. The zero-order valence-electron chi connectivity index (χ0n) is 18.5. The topological polar surface area (TPSA) is 135 Å². The minimum atomic E-state index is -4.05. The molecule has 10 heteroatoms. The van der Waals surface area contributed by atoms with Crippen molar-refractivity contribution in [2.75, 3.05) is 11.4 Å². The Bertz CT molecular complexity index is 1610. The zero-order chi connectivity index (χ0) is 24.9. The van der Waals surface area contributed by atoms with Crippen molar-refractivity contribution in [1.29, 1.82) is 5.41 Å². The fourth-order valence-electron chi connectivity index (χ4n) is 4.60. The number of aromatic nitrogens is 1. The highest BCUT2D eigenvalue weighted by atomic mass is 32.2. The van der Waals surface area contributed by atoms with Gasteiger partial charge in [0, 0.05) is 40.6 Å². The lowest BCUT2D eigenvalue weighted by molar-refractivity contribution is -0.119. The number of hydrogen-bond donors (Lipinski definition) is 3. The van der Waals surface area contributed by atoms with Crippen LogP contribution in [0.3, 0.4) is 0 Å². The third kappa shape index (κ3) is 3.96. The summed E-state index contributed by atoms with van der Waals surface area (Å²) < 4.78 is 40.9. The standard InChI is InChI=1S/C25H22FN5O3S/c26-20-14-17(7-8-18(20)19-3-1-2-4-23(19)35(29,33)34)30-12-10-21(25(30)32)31-11-9-15-5-6-16(24(27)28)13-22(15)31/h1-9,11,13-14,21H,10,12H2,(H3,27,28)(H2,29,33,34). The van der Waals surface area contributed by atoms with E-state index in [9.17, 15) is 13.2 Å². The van der Waals surface area contributed by atoms with Gasteiger partial charge in [-0.3, -0.25) is 10.2 Å². The highest BCUT2D eigenvalue weighted by molar-refractivity contribution is 7.89. The Labute approximate surface area is 201 Å². The molecular formula is C25H22FN5O3S. The first-order valence-corrected chi connectivity index (χ1v) is 12.4. The summed E-state index contributed by atoms with van der Waals surface area (Å²) >= 11 is 0. The van der Waals surface area contributed by atoms with E-state index in [1.165, 1.54) is 35.2 Å². The summed E-state index contributed by atoms with van der Waals surface area (Å²) in [4.78, 5) is 14.7. The van der Waals surface area contributed by atoms with E-state index in [1.807, 2.05) is 22.9 Å². The molecule has 0 spiro atoms. The van der Waals surface area contributed by atoms with Gasteiger partial charge in [-0.05, 0) is 48.2 Å². The highest BCUT2D eigenvalue weighted by Gasteiger charge is 2.34. The number of primary sulfonamides is 1. The maximum atomic E-state index is 15.2. The number of nitrogens with two attached hydrogens (primary N) is 2. The molecule has 0 aliphatic carbocycles. The van der Waals surface area contributed by atoms with Crippen LogP contribution in [0.4, 0.5) is 10.1 Å². The van der Waals surface area contributed by atoms with Gasteiger partial charge >= 0.3 is 0 Å². The number of hydrogen-bond acceptors (Lipinski definition) is 4. The number of nitrogens with zero attached hydrogens (tertiary/aromatic N) is 2. The number of nitrogen functional groups attached to an aromatic ring is 1. The number of benzene rings is 3. The van der Waals surface area contributed by atoms with Gasteiger partial charge in [0.15, 0.2) is 0 Å². The first-order chi connectivity index (χ1) is 16.6. The number of carbonyl (C=O) groups excluding carboxylic acids is 1. The van der Waals surface area contributed by atoms with E-state index in [0.717, 1.165) is 10.9 Å². The van der Waals surface area contributed by atoms with Crippen LogP contribution in [0.1, 0.15) is 18.0 Å². The number of amides is 1. The number of halogens is 1. The number of anilines is 1. The second kappa shape index (κ2) is 8.33. The van der Waals surface area contributed by atoms with E-state index in [1.54, 1.807) is 24.3 Å². The maximum Gasteiger partial charge on any atom is 0.250 e. The summed E-state index contributed by atoms with van der Waals surface area (Å²) in [7, 11) is -4.05. The molecule has 1 unspecified atom stereocenters. The van der Waals surface area contributed by atoms with Crippen LogP contribution in [0, 0.1) is 11.2 Å². The van der Waals surface area contributed by atoms with E-state index in [0.29, 0.717) is 24.2 Å². The van der Waals surface area contributed by atoms with E-state index in [4.69, 9.17) is 16.3 Å². The molecule has 8 nitrogen and oxygen atoms in total. The average molecular weight is 492 g/mol. The van der Waals surface area contributed by atoms with E-state index < -0.39 is 21.9 Å². The van der Waals surface area contributed by atoms with E-state index in [2.05, 4.69) is 0 Å². The van der Waals surface area contributed by atoms with Crippen molar-refractivity contribution in [3.05, 3.63) is 84.3 Å². The Kier molecular flexibility index (Phi) is 5.42. The summed E-state index contributed by atoms with van der Waals surface area (Å²) in [6, 6.07) is 17.0. The second-order valence-corrected chi connectivity index (χ2v) is 9.94. The third-order valence-corrected chi connectivity index (χ3v) is 7.26. The molecule has 0 radical (unpaired) electrons. The van der Waals surface area contributed by atoms with Crippen molar-refractivity contribution in [3.63, 3.8) is 0 Å². The van der Waals surface area contributed by atoms with Gasteiger partial charge in [0.25, 0.3) is 0 Å². The minimum absolute atomic E-state index is 0.0569. The first-order valence-electron chi connectivity index (χ1n) is 10.8. The molecule has 4 aromatic rings. The molecule has 5 rings (SSSR count). The molecule has 35 heavy (non-hydrogen) atoms. The summed E-state index contributed by atoms with van der Waals surface area (Å²) in [6.07, 6.45) is 2.35. The van der Waals surface area contributed by atoms with Gasteiger partial charge in [0.1, 0.15) is 17.7 Å². The van der Waals surface area contributed by atoms with Crippen LogP contribution in [-0.4, -0.2) is 31.3 Å². The van der Waals surface area contributed by atoms with Crippen LogP contribution >= 0.6 is 0 Å². The van der Waals surface area contributed by atoms with E-state index >= 15 is 4.39 Å². The van der Waals surface area contributed by atoms with Crippen LogP contribution in [0.5, 0.6) is 0 Å². The van der Waals surface area contributed by atoms with Crippen molar-refractivity contribution in [3.8, 4) is 11.1 Å². The van der Waals surface area contributed by atoms with Crippen molar-refractivity contribution < 1.29 is 17.6 Å². The monoisotopic (exact) mass is 491 g/mol. The van der Waals surface area contributed by atoms with Crippen LogP contribution in [0.2, 0.25) is 0 Å². The summed E-state index contributed by atoms with van der Waals surface area (Å²) in [5.74, 6) is -0.904. The molecule has 1 amide bonds. The summed E-state index contributed by atoms with van der Waals surface area (Å²) in [5, 5.41) is 13.9. The smallest absolute Gasteiger partial charge is 0.250 e. The van der Waals surface area contributed by atoms with Crippen molar-refractivity contribution in [2.45, 2.75) is 17.4 Å². The van der Waals surface area contributed by atoms with Gasteiger partial charge in [-0.25, -0.2) is 17.9 Å². The average Bonchev–Trinajstić information content (AvgIpc) is 3.41. The number of sulfonamides is 1. The lowest BCUT2D eigenvalue weighted by atomic mass is 10.0. The van der Waals surface area contributed by atoms with Gasteiger partial charge in [0.2, 0.25) is 15.9 Å². The van der Waals surface area contributed by atoms with Crippen LogP contribution in [0.25, 0.3) is 22.0 Å². The Balaban J connectivity index is 1.47. The third-order valence-electron chi connectivity index (χ3n) is 6.30. The van der Waals surface area contributed by atoms with Crippen LogP contribution in [-0.2, 0) is 14.8 Å². The zero-order valence-corrected chi connectivity index (χ0v) is 19.3. The molecular weight excluding hydrogens is 469 g/mol. The number of amidine groups is 1. The Hall–Kier alpha value is -4.02. The van der Waals surface area contributed by atoms with Gasteiger partial charge < -0.3 is 15.2 Å². The van der Waals surface area contributed by atoms with Gasteiger partial charge in [-0.15, -0.1) is 0 Å². The van der Waals surface area contributed by atoms with Gasteiger partial charge in [-0.1, -0.05) is 30.3 Å². The number of fused-ring (bicyclic) bond motifs is 1. The van der Waals surface area contributed by atoms with Gasteiger partial charge in [-0.2, -0.15) is 0 Å². The van der Waals surface area contributed by atoms with Crippen molar-refractivity contribution >= 4 is 38.4 Å². The Morgan fingerprint density at radius 2 is 1.80 bits per heavy atom. The largest absolute Gasteiger partial charge is 0.384 e. The number of rotatable bonds is 5. The Morgan fingerprint density at radius 1 is 1.03 bits per heavy atom. The lowest BCUT2D eigenvalue weighted by Crippen LogP contribution is -2.28. The fourth-order valence-corrected chi connectivity index (χ4v) is 5.35. The molecule has 2 heterocycles. The number of carbonyl (C=O) groups is 1. The van der Waals surface area contributed by atoms with Crippen molar-refractivity contribution in [1.82, 2.24) is 4.57 Å². The molecule has 3 aromatic carbocycles. The first kappa shape index (κ1) is 22.8. The summed E-state index contributed by atoms with van der Waals surface area (Å²) in [6.45, 7) is 0.391. The van der Waals surface area contributed by atoms with Crippen LogP contribution in [0.15, 0.2) is 77.8 Å². The fraction of sp³-hybridized carbons (Fsp3) is 0.120. The van der Waals surface area contributed by atoms with Crippen LogP contribution < -0.4 is 15.8 Å². The van der Waals surface area contributed by atoms with E-state index in [-0.39, 0.29) is 27.8 Å². The molecule has 1 aromatic heterocycles. The molecule has 1 atom stereocenters. The number of nitrogens with one attached hydrogen (secondary N) is 1. The molecule has 0 saturated carbocycles. The predicted octanol–water partition coefficient (Wildman–Crippen LogP) is 3.36. The Morgan fingerprint density at radius 3 is 2.51 bits per heavy atom. The molecule has 1 aliphatic heterocycles. The molecule has 178 valence electrons. The lowest BCUT2D eigenvalue weighted by Gasteiger charge is -2.19. The van der Waals surface area contributed by atoms with Crippen molar-refractivity contribution in [2.24, 2.45) is 10.9 Å². The molecule has 1 saturated heterocycles. The van der Waals surface area contributed by atoms with Gasteiger partial charge in [0.05, 0.1) is 4.90 Å². The quantitative estimate of drug-likeness (QED) is 0.291. The predicted molar refractivity (Wildman–Crippen MR) is 132 cm³/mol. The SMILES string of the molecule is N=C(N)c1ccc2ccn(C3CCN(c4ccc(-c5ccccc5S(N)(=O)=O)c(F)c4)C3=O)c2c1. The molecule has 1 aliphatic rings. The summed E-state index contributed by atoms with van der Waals surface area (Å²) in [5.41, 5.74) is 7.60. The molecule has 0 bridgehead atoms. The molecule has 1 fully saturated rings. The molecule has 5 N–H and O–H groups in total. The maximum absolute atomic E-state index is 15.2.